The molecule has 13 heavy (non-hydrogen) atoms. The zero-order chi connectivity index (χ0) is 9.42. The van der Waals surface area contributed by atoms with Crippen LogP contribution < -0.4 is 0 Å². The number of hydrogen-bond donors (Lipinski definition) is 1. The van der Waals surface area contributed by atoms with Crippen LogP contribution in [0.5, 0.6) is 0 Å². The first kappa shape index (κ1) is 9.47. The molecule has 1 aliphatic heterocycles. The maximum Gasteiger partial charge on any atom is 0.0614 e. The minimum Gasteiger partial charge on any atom is -0.396 e. The molecule has 1 N–H and O–H groups in total. The van der Waals surface area contributed by atoms with E-state index in [9.17, 15) is 5.11 Å². The lowest BCUT2D eigenvalue weighted by molar-refractivity contribution is 0.00329. The molecule has 0 bridgehead atoms. The second-order valence-corrected chi connectivity index (χ2v) is 4.69. The van der Waals surface area contributed by atoms with E-state index in [1.165, 1.54) is 19.3 Å². The molecule has 2 fully saturated rings. The highest BCUT2D eigenvalue weighted by Crippen LogP contribution is 2.44. The molecule has 0 aromatic rings. The third-order valence-electron chi connectivity index (χ3n) is 4.01. The molecular formula is C11H20O2. The molecule has 2 aliphatic rings. The van der Waals surface area contributed by atoms with Gasteiger partial charge in [0, 0.05) is 6.61 Å². The minimum atomic E-state index is 0.349. The van der Waals surface area contributed by atoms with Gasteiger partial charge in [-0.25, -0.2) is 0 Å². The summed E-state index contributed by atoms with van der Waals surface area (Å²) in [5.41, 5.74) is 0. The van der Waals surface area contributed by atoms with Gasteiger partial charge >= 0.3 is 0 Å². The standard InChI is InChI=1S/C11H20O2/c1-7-8(2)13-10-5-3-4-9(6-12)11(7)10/h7-12H,3-6H2,1-2H3/t7-,8-,9+,10+,11+/m1/s1. The van der Waals surface area contributed by atoms with E-state index in [1.54, 1.807) is 0 Å². The lowest BCUT2D eigenvalue weighted by Gasteiger charge is -2.33. The molecule has 2 rings (SSSR count). The molecule has 1 aliphatic carbocycles. The van der Waals surface area contributed by atoms with Crippen LogP contribution in [0.3, 0.4) is 0 Å². The van der Waals surface area contributed by atoms with Crippen molar-refractivity contribution < 1.29 is 9.84 Å². The predicted molar refractivity (Wildman–Crippen MR) is 51.4 cm³/mol. The van der Waals surface area contributed by atoms with E-state index in [1.807, 2.05) is 0 Å². The molecule has 0 amide bonds. The Balaban J connectivity index is 2.11. The smallest absolute Gasteiger partial charge is 0.0614 e. The Morgan fingerprint density at radius 3 is 2.77 bits per heavy atom. The van der Waals surface area contributed by atoms with Crippen LogP contribution in [0.15, 0.2) is 0 Å². The van der Waals surface area contributed by atoms with Crippen LogP contribution in [0.1, 0.15) is 33.1 Å². The van der Waals surface area contributed by atoms with Crippen molar-refractivity contribution in [3.63, 3.8) is 0 Å². The van der Waals surface area contributed by atoms with E-state index in [0.29, 0.717) is 36.6 Å². The lowest BCUT2D eigenvalue weighted by atomic mass is 9.72. The van der Waals surface area contributed by atoms with Crippen LogP contribution in [0.2, 0.25) is 0 Å². The van der Waals surface area contributed by atoms with Gasteiger partial charge < -0.3 is 9.84 Å². The van der Waals surface area contributed by atoms with E-state index in [4.69, 9.17) is 4.74 Å². The quantitative estimate of drug-likeness (QED) is 0.673. The first-order valence-electron chi connectivity index (χ1n) is 5.50. The summed E-state index contributed by atoms with van der Waals surface area (Å²) >= 11 is 0. The van der Waals surface area contributed by atoms with E-state index in [-0.39, 0.29) is 0 Å². The summed E-state index contributed by atoms with van der Waals surface area (Å²) in [6.07, 6.45) is 4.46. The third kappa shape index (κ3) is 1.50. The van der Waals surface area contributed by atoms with Crippen molar-refractivity contribution in [3.8, 4) is 0 Å². The Hall–Kier alpha value is -0.0800. The Kier molecular flexibility index (Phi) is 2.61. The van der Waals surface area contributed by atoms with Crippen molar-refractivity contribution in [3.05, 3.63) is 0 Å². The molecule has 1 heterocycles. The number of aliphatic hydroxyl groups excluding tert-OH is 1. The molecule has 0 aromatic heterocycles. The number of fused-ring (bicyclic) bond motifs is 1. The molecule has 0 unspecified atom stereocenters. The van der Waals surface area contributed by atoms with Gasteiger partial charge in [-0.05, 0) is 37.5 Å². The highest BCUT2D eigenvalue weighted by atomic mass is 16.5. The summed E-state index contributed by atoms with van der Waals surface area (Å²) < 4.78 is 5.90. The molecule has 0 spiro atoms. The van der Waals surface area contributed by atoms with Gasteiger partial charge in [-0.1, -0.05) is 13.3 Å². The summed E-state index contributed by atoms with van der Waals surface area (Å²) in [6.45, 7) is 4.78. The molecule has 76 valence electrons. The van der Waals surface area contributed by atoms with Crippen molar-refractivity contribution in [2.75, 3.05) is 6.61 Å². The van der Waals surface area contributed by atoms with E-state index in [0.717, 1.165) is 0 Å². The number of hydrogen-bond acceptors (Lipinski definition) is 2. The molecular weight excluding hydrogens is 164 g/mol. The van der Waals surface area contributed by atoms with Crippen LogP contribution in [-0.4, -0.2) is 23.9 Å². The largest absolute Gasteiger partial charge is 0.396 e. The summed E-state index contributed by atoms with van der Waals surface area (Å²) in [5, 5.41) is 9.29. The Morgan fingerprint density at radius 2 is 2.08 bits per heavy atom. The van der Waals surface area contributed by atoms with Gasteiger partial charge in [0.05, 0.1) is 12.2 Å². The molecule has 2 heteroatoms. The second kappa shape index (κ2) is 3.58. The lowest BCUT2D eigenvalue weighted by Crippen LogP contribution is -2.34. The molecule has 0 radical (unpaired) electrons. The third-order valence-corrected chi connectivity index (χ3v) is 4.01. The van der Waals surface area contributed by atoms with Crippen LogP contribution in [0.25, 0.3) is 0 Å². The zero-order valence-corrected chi connectivity index (χ0v) is 8.57. The Bertz CT molecular complexity index is 175. The SMILES string of the molecule is C[C@H]1[C@H]2[C@H](CO)CCC[C@@H]2O[C@@H]1C. The van der Waals surface area contributed by atoms with Gasteiger partial charge in [0.2, 0.25) is 0 Å². The van der Waals surface area contributed by atoms with Gasteiger partial charge in [-0.3, -0.25) is 0 Å². The van der Waals surface area contributed by atoms with Crippen molar-refractivity contribution in [1.29, 1.82) is 0 Å². The summed E-state index contributed by atoms with van der Waals surface area (Å²) in [4.78, 5) is 0. The summed E-state index contributed by atoms with van der Waals surface area (Å²) in [5.74, 6) is 1.75. The highest BCUT2D eigenvalue weighted by Gasteiger charge is 2.45. The maximum atomic E-state index is 9.29. The summed E-state index contributed by atoms with van der Waals surface area (Å²) in [6, 6.07) is 0. The minimum absolute atomic E-state index is 0.349. The van der Waals surface area contributed by atoms with Crippen molar-refractivity contribution in [2.24, 2.45) is 17.8 Å². The molecule has 1 saturated heterocycles. The van der Waals surface area contributed by atoms with Crippen LogP contribution in [-0.2, 0) is 4.74 Å². The molecule has 1 saturated carbocycles. The van der Waals surface area contributed by atoms with Crippen LogP contribution in [0, 0.1) is 17.8 Å². The topological polar surface area (TPSA) is 29.5 Å². The Morgan fingerprint density at radius 1 is 1.31 bits per heavy atom. The molecule has 0 aromatic carbocycles. The highest BCUT2D eigenvalue weighted by molar-refractivity contribution is 4.92. The molecule has 5 atom stereocenters. The first-order chi connectivity index (χ1) is 6.24. The van der Waals surface area contributed by atoms with Gasteiger partial charge in [0.1, 0.15) is 0 Å². The van der Waals surface area contributed by atoms with E-state index in [2.05, 4.69) is 13.8 Å². The summed E-state index contributed by atoms with van der Waals surface area (Å²) in [7, 11) is 0. The van der Waals surface area contributed by atoms with Gasteiger partial charge in [0.15, 0.2) is 0 Å². The van der Waals surface area contributed by atoms with Gasteiger partial charge in [-0.2, -0.15) is 0 Å². The van der Waals surface area contributed by atoms with Crippen molar-refractivity contribution in [2.45, 2.75) is 45.3 Å². The normalized spacial score (nSPS) is 50.5. The average molecular weight is 184 g/mol. The van der Waals surface area contributed by atoms with Gasteiger partial charge in [0.25, 0.3) is 0 Å². The number of rotatable bonds is 1. The second-order valence-electron chi connectivity index (χ2n) is 4.69. The fraction of sp³-hybridized carbons (Fsp3) is 1.00. The van der Waals surface area contributed by atoms with Gasteiger partial charge in [-0.15, -0.1) is 0 Å². The average Bonchev–Trinajstić information content (AvgIpc) is 2.43. The number of ether oxygens (including phenoxy) is 1. The van der Waals surface area contributed by atoms with Crippen LogP contribution in [0.4, 0.5) is 0 Å². The monoisotopic (exact) mass is 184 g/mol. The predicted octanol–water partition coefficient (Wildman–Crippen LogP) is 1.82. The van der Waals surface area contributed by atoms with E-state index >= 15 is 0 Å². The Labute approximate surface area is 80.3 Å². The van der Waals surface area contributed by atoms with Crippen molar-refractivity contribution in [1.82, 2.24) is 0 Å². The molecule has 2 nitrogen and oxygen atoms in total. The number of aliphatic hydroxyl groups is 1. The maximum absolute atomic E-state index is 9.29. The fourth-order valence-corrected chi connectivity index (χ4v) is 3.12. The zero-order valence-electron chi connectivity index (χ0n) is 8.57. The first-order valence-corrected chi connectivity index (χ1v) is 5.50. The van der Waals surface area contributed by atoms with E-state index < -0.39 is 0 Å². The van der Waals surface area contributed by atoms with Crippen molar-refractivity contribution >= 4 is 0 Å². The fourth-order valence-electron chi connectivity index (χ4n) is 3.12. The van der Waals surface area contributed by atoms with Crippen LogP contribution >= 0.6 is 0 Å².